The van der Waals surface area contributed by atoms with E-state index in [9.17, 15) is 25.2 Å². The maximum absolute atomic E-state index is 11.3. The lowest BCUT2D eigenvalue weighted by Crippen LogP contribution is -2.60. The van der Waals surface area contributed by atoms with Crippen molar-refractivity contribution in [3.8, 4) is 0 Å². The SMILES string of the molecule is C=C(c1ccccc1)C(Cc1ccccc1)OC1OC(C(=O)O)C(O)C(O)C1O. The number of carboxylic acid groups (broad SMARTS) is 1. The van der Waals surface area contributed by atoms with E-state index in [-0.39, 0.29) is 0 Å². The Hall–Kier alpha value is -2.55. The topological polar surface area (TPSA) is 116 Å². The second kappa shape index (κ2) is 9.30. The normalized spacial score (nSPS) is 27.9. The van der Waals surface area contributed by atoms with Crippen LogP contribution in [0.4, 0.5) is 0 Å². The third-order valence-electron chi connectivity index (χ3n) is 4.91. The van der Waals surface area contributed by atoms with E-state index < -0.39 is 42.8 Å². The molecule has 7 nitrogen and oxygen atoms in total. The molecule has 0 aromatic heterocycles. The number of carbonyl (C=O) groups is 1. The molecule has 2 aromatic rings. The van der Waals surface area contributed by atoms with E-state index in [0.717, 1.165) is 11.1 Å². The van der Waals surface area contributed by atoms with Crippen molar-refractivity contribution in [1.82, 2.24) is 0 Å². The van der Waals surface area contributed by atoms with Gasteiger partial charge in [-0.3, -0.25) is 0 Å². The van der Waals surface area contributed by atoms with Crippen LogP contribution in [0.5, 0.6) is 0 Å². The van der Waals surface area contributed by atoms with Crippen molar-refractivity contribution in [3.05, 3.63) is 78.4 Å². The quantitative estimate of drug-likeness (QED) is 0.552. The maximum atomic E-state index is 11.3. The molecule has 0 saturated carbocycles. The molecule has 6 unspecified atom stereocenters. The van der Waals surface area contributed by atoms with E-state index in [2.05, 4.69) is 6.58 Å². The van der Waals surface area contributed by atoms with Gasteiger partial charge >= 0.3 is 5.97 Å². The standard InChI is InChI=1S/C22H24O7/c1-13(15-10-6-3-7-11-15)16(12-14-8-4-2-5-9-14)28-22-19(25)17(23)18(24)20(29-22)21(26)27/h2-11,16-20,22-25H,1,12H2,(H,26,27). The molecule has 6 atom stereocenters. The summed E-state index contributed by atoms with van der Waals surface area (Å²) < 4.78 is 11.2. The van der Waals surface area contributed by atoms with Crippen molar-refractivity contribution in [2.24, 2.45) is 0 Å². The van der Waals surface area contributed by atoms with Gasteiger partial charge in [-0.15, -0.1) is 0 Å². The van der Waals surface area contributed by atoms with Crippen LogP contribution < -0.4 is 0 Å². The highest BCUT2D eigenvalue weighted by atomic mass is 16.7. The van der Waals surface area contributed by atoms with Crippen LogP contribution in [0, 0.1) is 0 Å². The predicted molar refractivity (Wildman–Crippen MR) is 105 cm³/mol. The van der Waals surface area contributed by atoms with E-state index in [1.165, 1.54) is 0 Å². The van der Waals surface area contributed by atoms with Gasteiger partial charge in [0.2, 0.25) is 0 Å². The first-order valence-corrected chi connectivity index (χ1v) is 9.24. The maximum Gasteiger partial charge on any atom is 0.335 e. The summed E-state index contributed by atoms with van der Waals surface area (Å²) in [5.74, 6) is -1.46. The van der Waals surface area contributed by atoms with Gasteiger partial charge in [-0.25, -0.2) is 4.79 Å². The lowest BCUT2D eigenvalue weighted by Gasteiger charge is -2.40. The molecule has 1 saturated heterocycles. The monoisotopic (exact) mass is 400 g/mol. The Morgan fingerprint density at radius 3 is 2.14 bits per heavy atom. The molecule has 3 rings (SSSR count). The van der Waals surface area contributed by atoms with Crippen LogP contribution in [-0.4, -0.2) is 63.2 Å². The molecule has 1 aliphatic heterocycles. The zero-order valence-electron chi connectivity index (χ0n) is 15.7. The van der Waals surface area contributed by atoms with Crippen LogP contribution in [0.1, 0.15) is 11.1 Å². The van der Waals surface area contributed by atoms with E-state index >= 15 is 0 Å². The third kappa shape index (κ3) is 4.90. The van der Waals surface area contributed by atoms with Crippen molar-refractivity contribution in [1.29, 1.82) is 0 Å². The molecule has 0 radical (unpaired) electrons. The molecule has 1 fully saturated rings. The van der Waals surface area contributed by atoms with Crippen LogP contribution in [0.25, 0.3) is 5.57 Å². The summed E-state index contributed by atoms with van der Waals surface area (Å²) in [6.07, 6.45) is -8.58. The Morgan fingerprint density at radius 1 is 0.966 bits per heavy atom. The number of rotatable bonds is 7. The minimum Gasteiger partial charge on any atom is -0.479 e. The van der Waals surface area contributed by atoms with Gasteiger partial charge in [-0.1, -0.05) is 67.2 Å². The number of aliphatic hydroxyl groups is 3. The molecular formula is C22H24O7. The summed E-state index contributed by atoms with van der Waals surface area (Å²) in [5, 5.41) is 39.4. The minimum absolute atomic E-state index is 0.386. The van der Waals surface area contributed by atoms with Crippen molar-refractivity contribution >= 4 is 11.5 Å². The third-order valence-corrected chi connectivity index (χ3v) is 4.91. The highest BCUT2D eigenvalue weighted by molar-refractivity contribution is 5.73. The Balaban J connectivity index is 1.85. The van der Waals surface area contributed by atoms with Crippen LogP contribution in [0.3, 0.4) is 0 Å². The largest absolute Gasteiger partial charge is 0.479 e. The van der Waals surface area contributed by atoms with Gasteiger partial charge in [-0.05, 0) is 16.7 Å². The lowest BCUT2D eigenvalue weighted by molar-refractivity contribution is -0.299. The van der Waals surface area contributed by atoms with Crippen LogP contribution in [0.15, 0.2) is 67.2 Å². The second-order valence-corrected chi connectivity index (χ2v) is 6.94. The fraction of sp³-hybridized carbons (Fsp3) is 0.318. The molecule has 0 bridgehead atoms. The van der Waals surface area contributed by atoms with Crippen LogP contribution >= 0.6 is 0 Å². The van der Waals surface area contributed by atoms with E-state index in [0.29, 0.717) is 12.0 Å². The van der Waals surface area contributed by atoms with E-state index in [4.69, 9.17) is 9.47 Å². The number of hydrogen-bond acceptors (Lipinski definition) is 6. The highest BCUT2D eigenvalue weighted by Crippen LogP contribution is 2.28. The second-order valence-electron chi connectivity index (χ2n) is 6.94. The smallest absolute Gasteiger partial charge is 0.335 e. The molecule has 154 valence electrons. The van der Waals surface area contributed by atoms with Gasteiger partial charge in [0.05, 0.1) is 6.10 Å². The molecule has 7 heteroatoms. The molecular weight excluding hydrogens is 376 g/mol. The van der Waals surface area contributed by atoms with Crippen molar-refractivity contribution in [2.45, 2.75) is 43.2 Å². The summed E-state index contributed by atoms with van der Waals surface area (Å²) in [5.41, 5.74) is 2.36. The Labute approximate surface area is 168 Å². The van der Waals surface area contributed by atoms with Crippen LogP contribution in [0.2, 0.25) is 0 Å². The first-order chi connectivity index (χ1) is 13.9. The fourth-order valence-electron chi connectivity index (χ4n) is 3.25. The predicted octanol–water partition coefficient (Wildman–Crippen LogP) is 1.22. The summed E-state index contributed by atoms with van der Waals surface area (Å²) >= 11 is 0. The summed E-state index contributed by atoms with van der Waals surface area (Å²) in [4.78, 5) is 11.3. The van der Waals surface area contributed by atoms with Crippen molar-refractivity contribution in [3.63, 3.8) is 0 Å². The number of ether oxygens (including phenoxy) is 2. The Kier molecular flexibility index (Phi) is 6.79. The lowest BCUT2D eigenvalue weighted by atomic mass is 9.95. The van der Waals surface area contributed by atoms with Crippen molar-refractivity contribution < 1.29 is 34.7 Å². The van der Waals surface area contributed by atoms with Crippen molar-refractivity contribution in [2.75, 3.05) is 0 Å². The zero-order chi connectivity index (χ0) is 21.0. The van der Waals surface area contributed by atoms with E-state index in [1.807, 2.05) is 60.7 Å². The molecule has 0 aliphatic carbocycles. The van der Waals surface area contributed by atoms with Gasteiger partial charge in [0.1, 0.15) is 18.3 Å². The number of benzene rings is 2. The zero-order valence-corrected chi connectivity index (χ0v) is 15.7. The van der Waals surface area contributed by atoms with Gasteiger partial charge < -0.3 is 29.9 Å². The number of carboxylic acids is 1. The molecule has 0 spiro atoms. The van der Waals surface area contributed by atoms with Crippen LogP contribution in [-0.2, 0) is 20.7 Å². The number of aliphatic carboxylic acids is 1. The highest BCUT2D eigenvalue weighted by Gasteiger charge is 2.48. The molecule has 29 heavy (non-hydrogen) atoms. The average Bonchev–Trinajstić information content (AvgIpc) is 2.74. The van der Waals surface area contributed by atoms with Gasteiger partial charge in [0.15, 0.2) is 12.4 Å². The first-order valence-electron chi connectivity index (χ1n) is 9.24. The summed E-state index contributed by atoms with van der Waals surface area (Å²) in [6.45, 7) is 4.11. The van der Waals surface area contributed by atoms with Gasteiger partial charge in [0.25, 0.3) is 0 Å². The number of hydrogen-bond donors (Lipinski definition) is 4. The Morgan fingerprint density at radius 2 is 1.55 bits per heavy atom. The molecule has 0 amide bonds. The average molecular weight is 400 g/mol. The molecule has 1 heterocycles. The minimum atomic E-state index is -1.77. The number of aliphatic hydroxyl groups excluding tert-OH is 3. The molecule has 4 N–H and O–H groups in total. The summed E-state index contributed by atoms with van der Waals surface area (Å²) in [6, 6.07) is 18.8. The van der Waals surface area contributed by atoms with E-state index in [1.54, 1.807) is 0 Å². The molecule has 1 aliphatic rings. The summed E-state index contributed by atoms with van der Waals surface area (Å²) in [7, 11) is 0. The fourth-order valence-corrected chi connectivity index (χ4v) is 3.25. The molecule has 2 aromatic carbocycles. The van der Waals surface area contributed by atoms with Gasteiger partial charge in [0, 0.05) is 6.42 Å². The Bertz CT molecular complexity index is 824. The van der Waals surface area contributed by atoms with Gasteiger partial charge in [-0.2, -0.15) is 0 Å². The first kappa shape index (κ1) is 21.2.